The molecular weight excluding hydrogens is 275 g/mol. The minimum absolute atomic E-state index is 0.197. The maximum atomic E-state index is 13.2. The molecule has 2 atom stereocenters. The summed E-state index contributed by atoms with van der Waals surface area (Å²) in [5, 5.41) is 11.7. The van der Waals surface area contributed by atoms with Gasteiger partial charge in [-0.25, -0.2) is 14.0 Å². The summed E-state index contributed by atoms with van der Waals surface area (Å²) in [5.74, 6) is -1.72. The Morgan fingerprint density at radius 1 is 1.38 bits per heavy atom. The van der Waals surface area contributed by atoms with Crippen molar-refractivity contribution in [3.8, 4) is 0 Å². The van der Waals surface area contributed by atoms with Crippen molar-refractivity contribution in [1.82, 2.24) is 5.32 Å². The molecule has 2 amide bonds. The molecule has 0 heterocycles. The Bertz CT molecular complexity index is 507. The number of carbonyl (C=O) groups excluding carboxylic acids is 1. The highest BCUT2D eigenvalue weighted by Gasteiger charge is 2.27. The smallest absolute Gasteiger partial charge is 0.326 e. The molecule has 0 aliphatic heterocycles. The number of hydrogen-bond donors (Lipinski definition) is 2. The number of carboxylic acid groups (broad SMARTS) is 1. The first kappa shape index (κ1) is 16.9. The number of halogens is 1. The van der Waals surface area contributed by atoms with E-state index in [-0.39, 0.29) is 5.92 Å². The molecule has 2 unspecified atom stereocenters. The minimum Gasteiger partial charge on any atom is -0.480 e. The van der Waals surface area contributed by atoms with E-state index in [4.69, 9.17) is 0 Å². The van der Waals surface area contributed by atoms with Crippen molar-refractivity contribution >= 4 is 17.7 Å². The Morgan fingerprint density at radius 2 is 2.05 bits per heavy atom. The van der Waals surface area contributed by atoms with Gasteiger partial charge in [0.05, 0.1) is 0 Å². The highest BCUT2D eigenvalue weighted by Crippen LogP contribution is 2.16. The zero-order chi connectivity index (χ0) is 16.0. The molecular formula is C15H21FN2O3. The lowest BCUT2D eigenvalue weighted by Crippen LogP contribution is -2.50. The van der Waals surface area contributed by atoms with Crippen LogP contribution in [0.2, 0.25) is 0 Å². The summed E-state index contributed by atoms with van der Waals surface area (Å²) < 4.78 is 13.2. The lowest BCUT2D eigenvalue weighted by molar-refractivity contribution is -0.140. The molecule has 0 fully saturated rings. The van der Waals surface area contributed by atoms with E-state index in [9.17, 15) is 19.1 Å². The van der Waals surface area contributed by atoms with Gasteiger partial charge in [-0.2, -0.15) is 0 Å². The van der Waals surface area contributed by atoms with Crippen LogP contribution < -0.4 is 10.2 Å². The standard InChI is InChI=1S/C15H21FN2O3/c1-4-10(3)13(14(19)20)17-15(21)18(5-2)12-8-6-7-11(16)9-12/h6-10,13H,4-5H2,1-3H3,(H,17,21)(H,19,20). The molecule has 0 radical (unpaired) electrons. The van der Waals surface area contributed by atoms with Crippen LogP contribution in [0.1, 0.15) is 27.2 Å². The fraction of sp³-hybridized carbons (Fsp3) is 0.467. The quantitative estimate of drug-likeness (QED) is 0.848. The van der Waals surface area contributed by atoms with Crippen molar-refractivity contribution in [2.24, 2.45) is 5.92 Å². The maximum Gasteiger partial charge on any atom is 0.326 e. The first-order valence-electron chi connectivity index (χ1n) is 6.97. The summed E-state index contributed by atoms with van der Waals surface area (Å²) in [7, 11) is 0. The van der Waals surface area contributed by atoms with Crippen LogP contribution in [0.15, 0.2) is 24.3 Å². The van der Waals surface area contributed by atoms with Crippen LogP contribution >= 0.6 is 0 Å². The van der Waals surface area contributed by atoms with Gasteiger partial charge in [0.1, 0.15) is 11.9 Å². The molecule has 0 saturated heterocycles. The Balaban J connectivity index is 2.91. The predicted octanol–water partition coefficient (Wildman–Crippen LogP) is 2.86. The molecule has 1 rings (SSSR count). The third-order valence-electron chi connectivity index (χ3n) is 3.44. The van der Waals surface area contributed by atoms with Crippen LogP contribution in [0.5, 0.6) is 0 Å². The third kappa shape index (κ3) is 4.44. The first-order valence-corrected chi connectivity index (χ1v) is 6.97. The Labute approximate surface area is 123 Å². The van der Waals surface area contributed by atoms with Crippen molar-refractivity contribution in [2.45, 2.75) is 33.2 Å². The molecule has 0 aromatic heterocycles. The number of nitrogens with zero attached hydrogens (tertiary/aromatic N) is 1. The van der Waals surface area contributed by atoms with Gasteiger partial charge in [-0.15, -0.1) is 0 Å². The summed E-state index contributed by atoms with van der Waals surface area (Å²) in [6, 6.07) is 4.12. The van der Waals surface area contributed by atoms with Gasteiger partial charge < -0.3 is 10.4 Å². The fourth-order valence-corrected chi connectivity index (χ4v) is 1.98. The second-order valence-electron chi connectivity index (χ2n) is 4.88. The van der Waals surface area contributed by atoms with Crippen molar-refractivity contribution in [1.29, 1.82) is 0 Å². The summed E-state index contributed by atoms with van der Waals surface area (Å²) in [5.41, 5.74) is 0.392. The van der Waals surface area contributed by atoms with Gasteiger partial charge in [0.15, 0.2) is 0 Å². The molecule has 1 aromatic carbocycles. The number of nitrogens with one attached hydrogen (secondary N) is 1. The number of anilines is 1. The number of urea groups is 1. The summed E-state index contributed by atoms with van der Waals surface area (Å²) in [4.78, 5) is 24.8. The van der Waals surface area contributed by atoms with Crippen molar-refractivity contribution < 1.29 is 19.1 Å². The van der Waals surface area contributed by atoms with E-state index in [1.54, 1.807) is 19.9 Å². The Kier molecular flexibility index (Phi) is 6.14. The first-order chi connectivity index (χ1) is 9.90. The third-order valence-corrected chi connectivity index (χ3v) is 3.44. The van der Waals surface area contributed by atoms with Crippen molar-refractivity contribution in [3.05, 3.63) is 30.1 Å². The van der Waals surface area contributed by atoms with Gasteiger partial charge in [0, 0.05) is 12.2 Å². The molecule has 21 heavy (non-hydrogen) atoms. The molecule has 0 saturated carbocycles. The normalized spacial score (nSPS) is 13.3. The summed E-state index contributed by atoms with van der Waals surface area (Å²) in [6.07, 6.45) is 0.628. The number of benzene rings is 1. The zero-order valence-electron chi connectivity index (χ0n) is 12.5. The molecule has 116 valence electrons. The molecule has 6 heteroatoms. The van der Waals surface area contributed by atoms with Gasteiger partial charge in [-0.3, -0.25) is 4.90 Å². The van der Waals surface area contributed by atoms with Crippen LogP contribution in [-0.2, 0) is 4.79 Å². The number of carbonyl (C=O) groups is 2. The van der Waals surface area contributed by atoms with Crippen molar-refractivity contribution in [2.75, 3.05) is 11.4 Å². The summed E-state index contributed by atoms with van der Waals surface area (Å²) in [6.45, 7) is 5.67. The SMILES string of the molecule is CCC(C)C(NC(=O)N(CC)c1cccc(F)c1)C(=O)O. The Morgan fingerprint density at radius 3 is 2.52 bits per heavy atom. The molecule has 2 N–H and O–H groups in total. The van der Waals surface area contributed by atoms with Gasteiger partial charge in [0.25, 0.3) is 0 Å². The number of carboxylic acids is 1. The van der Waals surface area contributed by atoms with E-state index in [2.05, 4.69) is 5.32 Å². The van der Waals surface area contributed by atoms with Crippen LogP contribution in [0.25, 0.3) is 0 Å². The van der Waals surface area contributed by atoms with Crippen LogP contribution in [0.4, 0.5) is 14.9 Å². The van der Waals surface area contributed by atoms with Gasteiger partial charge in [-0.05, 0) is 31.0 Å². The topological polar surface area (TPSA) is 69.6 Å². The monoisotopic (exact) mass is 296 g/mol. The largest absolute Gasteiger partial charge is 0.480 e. The van der Waals surface area contributed by atoms with Crippen LogP contribution in [-0.4, -0.2) is 29.7 Å². The fourth-order valence-electron chi connectivity index (χ4n) is 1.98. The maximum absolute atomic E-state index is 13.2. The number of amides is 2. The molecule has 0 bridgehead atoms. The highest BCUT2D eigenvalue weighted by atomic mass is 19.1. The molecule has 5 nitrogen and oxygen atoms in total. The number of rotatable bonds is 6. The van der Waals surface area contributed by atoms with E-state index < -0.39 is 23.9 Å². The number of aliphatic carboxylic acids is 1. The average molecular weight is 296 g/mol. The highest BCUT2D eigenvalue weighted by molar-refractivity contribution is 5.94. The van der Waals surface area contributed by atoms with E-state index >= 15 is 0 Å². The van der Waals surface area contributed by atoms with E-state index in [1.807, 2.05) is 6.92 Å². The van der Waals surface area contributed by atoms with Gasteiger partial charge in [0.2, 0.25) is 0 Å². The zero-order valence-corrected chi connectivity index (χ0v) is 12.5. The van der Waals surface area contributed by atoms with Gasteiger partial charge >= 0.3 is 12.0 Å². The lowest BCUT2D eigenvalue weighted by Gasteiger charge is -2.26. The van der Waals surface area contributed by atoms with E-state index in [0.29, 0.717) is 18.7 Å². The minimum atomic E-state index is -1.08. The van der Waals surface area contributed by atoms with Crippen molar-refractivity contribution in [3.63, 3.8) is 0 Å². The summed E-state index contributed by atoms with van der Waals surface area (Å²) >= 11 is 0. The van der Waals surface area contributed by atoms with Gasteiger partial charge in [-0.1, -0.05) is 26.3 Å². The second-order valence-corrected chi connectivity index (χ2v) is 4.88. The van der Waals surface area contributed by atoms with Crippen LogP contribution in [0.3, 0.4) is 0 Å². The van der Waals surface area contributed by atoms with E-state index in [1.165, 1.54) is 23.1 Å². The lowest BCUT2D eigenvalue weighted by atomic mass is 9.99. The molecule has 0 aliphatic rings. The Hall–Kier alpha value is -2.11. The molecule has 0 aliphatic carbocycles. The van der Waals surface area contributed by atoms with E-state index in [0.717, 1.165) is 0 Å². The second kappa shape index (κ2) is 7.61. The van der Waals surface area contributed by atoms with Crippen LogP contribution in [0, 0.1) is 11.7 Å². The average Bonchev–Trinajstić information content (AvgIpc) is 2.44. The predicted molar refractivity (Wildman–Crippen MR) is 78.8 cm³/mol. The molecule has 1 aromatic rings. The number of hydrogen-bond acceptors (Lipinski definition) is 2. The molecule has 0 spiro atoms.